The lowest BCUT2D eigenvalue weighted by atomic mass is 10.0. The van der Waals surface area contributed by atoms with Crippen LogP contribution in [0.1, 0.15) is 21.7 Å². The number of methoxy groups -OCH3 is 1. The number of benzene rings is 1. The van der Waals surface area contributed by atoms with Crippen molar-refractivity contribution in [3.05, 3.63) is 70.9 Å². The summed E-state index contributed by atoms with van der Waals surface area (Å²) >= 11 is 6.07. The standard InChI is InChI=1S/C18H14ClN3O3/c1-25-17-15(13-3-2-4-14(19)7-13)6-11(8-22-17)5-12-9-20-16(18(23)24)21-10-12/h2-4,6-10H,5H2,1H3,(H,23,24). The van der Waals surface area contributed by atoms with Crippen molar-refractivity contribution >= 4 is 17.6 Å². The molecular formula is C18H14ClN3O3. The van der Waals surface area contributed by atoms with Gasteiger partial charge < -0.3 is 9.84 Å². The van der Waals surface area contributed by atoms with E-state index in [1.54, 1.807) is 19.4 Å². The molecule has 0 atom stereocenters. The Kier molecular flexibility index (Phi) is 4.90. The number of ether oxygens (including phenoxy) is 1. The van der Waals surface area contributed by atoms with E-state index in [-0.39, 0.29) is 5.82 Å². The maximum absolute atomic E-state index is 10.8. The fourth-order valence-corrected chi connectivity index (χ4v) is 2.60. The average molecular weight is 356 g/mol. The highest BCUT2D eigenvalue weighted by molar-refractivity contribution is 6.30. The molecule has 2 heterocycles. The van der Waals surface area contributed by atoms with Gasteiger partial charge in [-0.1, -0.05) is 23.7 Å². The summed E-state index contributed by atoms with van der Waals surface area (Å²) in [5.74, 6) is -0.874. The highest BCUT2D eigenvalue weighted by Crippen LogP contribution is 2.30. The third-order valence-electron chi connectivity index (χ3n) is 3.54. The second-order valence-electron chi connectivity index (χ2n) is 5.31. The molecule has 0 spiro atoms. The maximum Gasteiger partial charge on any atom is 0.373 e. The molecule has 0 unspecified atom stereocenters. The second-order valence-corrected chi connectivity index (χ2v) is 5.74. The Hall–Kier alpha value is -2.99. The van der Waals surface area contributed by atoms with Crippen molar-refractivity contribution in [2.24, 2.45) is 0 Å². The molecule has 0 fully saturated rings. The summed E-state index contributed by atoms with van der Waals surface area (Å²) in [5, 5.41) is 9.48. The van der Waals surface area contributed by atoms with E-state index in [0.717, 1.165) is 22.3 Å². The smallest absolute Gasteiger partial charge is 0.373 e. The molecule has 0 saturated carbocycles. The molecule has 7 heteroatoms. The Balaban J connectivity index is 1.92. The van der Waals surface area contributed by atoms with Gasteiger partial charge in [-0.2, -0.15) is 0 Å². The molecule has 126 valence electrons. The van der Waals surface area contributed by atoms with Crippen LogP contribution in [0.5, 0.6) is 5.88 Å². The molecule has 25 heavy (non-hydrogen) atoms. The van der Waals surface area contributed by atoms with E-state index in [9.17, 15) is 4.79 Å². The number of hydrogen-bond donors (Lipinski definition) is 1. The summed E-state index contributed by atoms with van der Waals surface area (Å²) in [6.07, 6.45) is 5.22. The number of carboxylic acids is 1. The zero-order chi connectivity index (χ0) is 17.8. The lowest BCUT2D eigenvalue weighted by Crippen LogP contribution is -2.04. The quantitative estimate of drug-likeness (QED) is 0.754. The molecule has 0 saturated heterocycles. The Morgan fingerprint density at radius 2 is 1.84 bits per heavy atom. The van der Waals surface area contributed by atoms with Crippen LogP contribution in [0.4, 0.5) is 0 Å². The minimum absolute atomic E-state index is 0.226. The first-order valence-corrected chi connectivity index (χ1v) is 7.77. The number of nitrogens with zero attached hydrogens (tertiary/aromatic N) is 3. The molecule has 2 aromatic heterocycles. The largest absolute Gasteiger partial charge is 0.481 e. The van der Waals surface area contributed by atoms with Gasteiger partial charge in [0.1, 0.15) is 0 Å². The third kappa shape index (κ3) is 3.92. The van der Waals surface area contributed by atoms with Gasteiger partial charge in [-0.15, -0.1) is 0 Å². The van der Waals surface area contributed by atoms with Gasteiger partial charge in [-0.05, 0) is 34.9 Å². The van der Waals surface area contributed by atoms with E-state index in [4.69, 9.17) is 21.4 Å². The summed E-state index contributed by atoms with van der Waals surface area (Å²) in [4.78, 5) is 22.8. The molecule has 0 aliphatic carbocycles. The number of aromatic carboxylic acids is 1. The van der Waals surface area contributed by atoms with Gasteiger partial charge in [-0.25, -0.2) is 19.7 Å². The van der Waals surface area contributed by atoms with E-state index in [1.807, 2.05) is 24.3 Å². The van der Waals surface area contributed by atoms with Crippen LogP contribution >= 0.6 is 11.6 Å². The molecule has 3 aromatic rings. The summed E-state index contributed by atoms with van der Waals surface area (Å²) in [6.45, 7) is 0. The van der Waals surface area contributed by atoms with Crippen molar-refractivity contribution in [3.63, 3.8) is 0 Å². The third-order valence-corrected chi connectivity index (χ3v) is 3.78. The maximum atomic E-state index is 10.8. The van der Waals surface area contributed by atoms with Gasteiger partial charge in [0.25, 0.3) is 0 Å². The Morgan fingerprint density at radius 1 is 1.12 bits per heavy atom. The number of carboxylic acid groups (broad SMARTS) is 1. The van der Waals surface area contributed by atoms with Crippen molar-refractivity contribution in [2.45, 2.75) is 6.42 Å². The number of pyridine rings is 1. The Bertz CT molecular complexity index is 914. The van der Waals surface area contributed by atoms with Crippen molar-refractivity contribution in [1.82, 2.24) is 15.0 Å². The second kappa shape index (κ2) is 7.27. The summed E-state index contributed by atoms with van der Waals surface area (Å²) in [6, 6.07) is 9.40. The number of aromatic nitrogens is 3. The van der Waals surface area contributed by atoms with E-state index in [2.05, 4.69) is 15.0 Å². The highest BCUT2D eigenvalue weighted by atomic mass is 35.5. The molecule has 1 aromatic carbocycles. The summed E-state index contributed by atoms with van der Waals surface area (Å²) in [5.41, 5.74) is 3.43. The SMILES string of the molecule is COc1ncc(Cc2cnc(C(=O)O)nc2)cc1-c1cccc(Cl)c1. The van der Waals surface area contributed by atoms with Gasteiger partial charge in [0.2, 0.25) is 11.7 Å². The Morgan fingerprint density at radius 3 is 2.48 bits per heavy atom. The normalized spacial score (nSPS) is 10.5. The first kappa shape index (κ1) is 16.9. The number of hydrogen-bond acceptors (Lipinski definition) is 5. The van der Waals surface area contributed by atoms with Gasteiger partial charge >= 0.3 is 5.97 Å². The van der Waals surface area contributed by atoms with Crippen molar-refractivity contribution in [1.29, 1.82) is 0 Å². The first-order valence-electron chi connectivity index (χ1n) is 7.40. The summed E-state index contributed by atoms with van der Waals surface area (Å²) < 4.78 is 5.34. The highest BCUT2D eigenvalue weighted by Gasteiger charge is 2.11. The van der Waals surface area contributed by atoms with Gasteiger partial charge in [0.05, 0.1) is 7.11 Å². The van der Waals surface area contributed by atoms with Crippen molar-refractivity contribution in [2.75, 3.05) is 7.11 Å². The molecular weight excluding hydrogens is 342 g/mol. The predicted molar refractivity (Wildman–Crippen MR) is 93.0 cm³/mol. The minimum Gasteiger partial charge on any atom is -0.481 e. The van der Waals surface area contributed by atoms with Crippen molar-refractivity contribution < 1.29 is 14.6 Å². The zero-order valence-corrected chi connectivity index (χ0v) is 14.1. The van der Waals surface area contributed by atoms with Crippen LogP contribution in [0.3, 0.4) is 0 Å². The van der Waals surface area contributed by atoms with Crippen LogP contribution in [0.25, 0.3) is 11.1 Å². The predicted octanol–water partition coefficient (Wildman–Crippen LogP) is 3.49. The molecule has 1 N–H and O–H groups in total. The molecule has 0 aliphatic rings. The topological polar surface area (TPSA) is 85.2 Å². The van der Waals surface area contributed by atoms with Gasteiger partial charge in [0.15, 0.2) is 0 Å². The number of rotatable bonds is 5. The molecule has 0 bridgehead atoms. The van der Waals surface area contributed by atoms with Crippen molar-refractivity contribution in [3.8, 4) is 17.0 Å². The first-order chi connectivity index (χ1) is 12.1. The van der Waals surface area contributed by atoms with Crippen LogP contribution < -0.4 is 4.74 Å². The number of halogens is 1. The molecule has 0 radical (unpaired) electrons. The monoisotopic (exact) mass is 355 g/mol. The lowest BCUT2D eigenvalue weighted by Gasteiger charge is -2.10. The van der Waals surface area contributed by atoms with E-state index < -0.39 is 5.97 Å². The zero-order valence-electron chi connectivity index (χ0n) is 13.3. The van der Waals surface area contributed by atoms with E-state index in [0.29, 0.717) is 17.3 Å². The van der Waals surface area contributed by atoms with Crippen LogP contribution in [0.2, 0.25) is 5.02 Å². The van der Waals surface area contributed by atoms with Crippen LogP contribution in [0.15, 0.2) is 48.9 Å². The fourth-order valence-electron chi connectivity index (χ4n) is 2.41. The lowest BCUT2D eigenvalue weighted by molar-refractivity contribution is 0.0683. The van der Waals surface area contributed by atoms with Crippen LogP contribution in [-0.2, 0) is 6.42 Å². The van der Waals surface area contributed by atoms with Gasteiger partial charge in [0, 0.05) is 35.6 Å². The number of carbonyl (C=O) groups is 1. The molecule has 0 aliphatic heterocycles. The average Bonchev–Trinajstić information content (AvgIpc) is 2.62. The molecule has 0 amide bonds. The Labute approximate surface area is 149 Å². The fraction of sp³-hybridized carbons (Fsp3) is 0.111. The van der Waals surface area contributed by atoms with Gasteiger partial charge in [-0.3, -0.25) is 0 Å². The van der Waals surface area contributed by atoms with E-state index in [1.165, 1.54) is 12.4 Å². The van der Waals surface area contributed by atoms with Crippen LogP contribution in [0, 0.1) is 0 Å². The van der Waals surface area contributed by atoms with E-state index >= 15 is 0 Å². The minimum atomic E-state index is -1.15. The van der Waals surface area contributed by atoms with Crippen LogP contribution in [-0.4, -0.2) is 33.1 Å². The molecule has 3 rings (SSSR count). The summed E-state index contributed by atoms with van der Waals surface area (Å²) in [7, 11) is 1.56. The molecule has 6 nitrogen and oxygen atoms in total.